The number of amides is 1. The van der Waals surface area contributed by atoms with Crippen LogP contribution in [0.1, 0.15) is 72.3 Å². The van der Waals surface area contributed by atoms with Crippen LogP contribution in [0.15, 0.2) is 30.3 Å². The SMILES string of the molecule is COc1ccc(C2CC(=O)Oc3ccc4c(c32)OC2(CCCCC2)CC4=O)cc1OCC(N)=O. The van der Waals surface area contributed by atoms with Gasteiger partial charge in [0, 0.05) is 11.5 Å². The largest absolute Gasteiger partial charge is 0.493 e. The first-order valence-electron chi connectivity index (χ1n) is 11.6. The van der Waals surface area contributed by atoms with E-state index < -0.39 is 17.4 Å². The third-order valence-electron chi connectivity index (χ3n) is 6.93. The monoisotopic (exact) mass is 465 g/mol. The second kappa shape index (κ2) is 8.66. The first kappa shape index (κ1) is 22.3. The molecule has 2 heterocycles. The molecule has 0 aromatic heterocycles. The van der Waals surface area contributed by atoms with Gasteiger partial charge in [-0.15, -0.1) is 0 Å². The van der Waals surface area contributed by atoms with E-state index in [0.29, 0.717) is 40.5 Å². The third kappa shape index (κ3) is 3.97. The van der Waals surface area contributed by atoms with Crippen molar-refractivity contribution in [2.45, 2.75) is 56.5 Å². The molecule has 2 aromatic rings. The predicted molar refractivity (Wildman–Crippen MR) is 122 cm³/mol. The molecule has 3 aliphatic rings. The van der Waals surface area contributed by atoms with Gasteiger partial charge in [-0.1, -0.05) is 12.5 Å². The lowest BCUT2D eigenvalue weighted by molar-refractivity contribution is -0.135. The van der Waals surface area contributed by atoms with Gasteiger partial charge in [-0.25, -0.2) is 0 Å². The van der Waals surface area contributed by atoms with Crippen LogP contribution >= 0.6 is 0 Å². The quantitative estimate of drug-likeness (QED) is 0.529. The highest BCUT2D eigenvalue weighted by atomic mass is 16.5. The molecule has 5 rings (SSSR count). The Morgan fingerprint density at radius 1 is 1.12 bits per heavy atom. The van der Waals surface area contributed by atoms with Crippen LogP contribution in [0.4, 0.5) is 0 Å². The summed E-state index contributed by atoms with van der Waals surface area (Å²) in [5.74, 6) is 0.345. The smallest absolute Gasteiger partial charge is 0.312 e. The molecule has 0 saturated heterocycles. The average Bonchev–Trinajstić information content (AvgIpc) is 2.82. The number of methoxy groups -OCH3 is 1. The number of Topliss-reactive ketones (excluding diaryl/α,β-unsaturated/α-hetero) is 1. The number of fused-ring (bicyclic) bond motifs is 3. The summed E-state index contributed by atoms with van der Waals surface area (Å²) >= 11 is 0. The minimum Gasteiger partial charge on any atom is -0.493 e. The number of rotatable bonds is 5. The van der Waals surface area contributed by atoms with Gasteiger partial charge < -0.3 is 24.7 Å². The van der Waals surface area contributed by atoms with Crippen molar-refractivity contribution in [1.29, 1.82) is 0 Å². The highest BCUT2D eigenvalue weighted by Gasteiger charge is 2.44. The summed E-state index contributed by atoms with van der Waals surface area (Å²) in [6.45, 7) is -0.307. The summed E-state index contributed by atoms with van der Waals surface area (Å²) in [6, 6.07) is 8.65. The van der Waals surface area contributed by atoms with Crippen LogP contribution in [0.5, 0.6) is 23.0 Å². The minimum absolute atomic E-state index is 0.0572. The molecule has 2 aliphatic heterocycles. The first-order valence-corrected chi connectivity index (χ1v) is 11.6. The fraction of sp³-hybridized carbons (Fsp3) is 0.423. The second-order valence-corrected chi connectivity index (χ2v) is 9.20. The number of ketones is 1. The maximum Gasteiger partial charge on any atom is 0.312 e. The number of esters is 1. The van der Waals surface area contributed by atoms with Crippen LogP contribution in [0.3, 0.4) is 0 Å². The predicted octanol–water partition coefficient (Wildman–Crippen LogP) is 3.67. The van der Waals surface area contributed by atoms with Crippen molar-refractivity contribution in [3.8, 4) is 23.0 Å². The van der Waals surface area contributed by atoms with E-state index in [9.17, 15) is 14.4 Å². The molecule has 2 aromatic carbocycles. The molecule has 1 unspecified atom stereocenters. The molecule has 1 saturated carbocycles. The lowest BCUT2D eigenvalue weighted by Crippen LogP contribution is -2.44. The number of carbonyl (C=O) groups excluding carboxylic acids is 3. The standard InChI is InChI=1S/C26H27NO7/c1-31-19-7-5-15(11-21(19)32-14-22(27)29)17-12-23(30)33-20-8-6-16-18(28)13-26(9-3-2-4-10-26)34-25(16)24(17)20/h5-8,11,17H,2-4,9-10,12-14H2,1H3,(H2,27,29). The molecule has 0 bridgehead atoms. The Kier molecular flexibility index (Phi) is 5.67. The number of ether oxygens (including phenoxy) is 4. The number of hydrogen-bond acceptors (Lipinski definition) is 7. The van der Waals surface area contributed by atoms with Crippen molar-refractivity contribution in [3.63, 3.8) is 0 Å². The first-order chi connectivity index (χ1) is 16.4. The molecule has 178 valence electrons. The minimum atomic E-state index is -0.613. The lowest BCUT2D eigenvalue weighted by atomic mass is 9.76. The maximum atomic E-state index is 13.2. The van der Waals surface area contributed by atoms with Crippen molar-refractivity contribution >= 4 is 17.7 Å². The van der Waals surface area contributed by atoms with Gasteiger partial charge in [0.25, 0.3) is 5.91 Å². The van der Waals surface area contributed by atoms with Crippen molar-refractivity contribution in [2.24, 2.45) is 5.73 Å². The molecule has 1 atom stereocenters. The van der Waals surface area contributed by atoms with E-state index in [1.165, 1.54) is 7.11 Å². The molecule has 34 heavy (non-hydrogen) atoms. The van der Waals surface area contributed by atoms with Gasteiger partial charge in [-0.05, 0) is 55.5 Å². The van der Waals surface area contributed by atoms with Crippen molar-refractivity contribution < 1.29 is 33.3 Å². The Balaban J connectivity index is 1.61. The maximum absolute atomic E-state index is 13.2. The second-order valence-electron chi connectivity index (χ2n) is 9.20. The number of hydrogen-bond donors (Lipinski definition) is 1. The number of carbonyl (C=O) groups is 3. The summed E-state index contributed by atoms with van der Waals surface area (Å²) in [5, 5.41) is 0. The van der Waals surface area contributed by atoms with E-state index in [0.717, 1.165) is 37.7 Å². The number of primary amides is 1. The van der Waals surface area contributed by atoms with Gasteiger partial charge in [-0.2, -0.15) is 0 Å². The van der Waals surface area contributed by atoms with Gasteiger partial charge in [-0.3, -0.25) is 14.4 Å². The van der Waals surface area contributed by atoms with E-state index in [4.69, 9.17) is 24.7 Å². The Hall–Kier alpha value is -3.55. The van der Waals surface area contributed by atoms with Gasteiger partial charge in [0.2, 0.25) is 0 Å². The van der Waals surface area contributed by atoms with Crippen molar-refractivity contribution in [1.82, 2.24) is 0 Å². The third-order valence-corrected chi connectivity index (χ3v) is 6.93. The van der Waals surface area contributed by atoms with E-state index in [1.54, 1.807) is 24.3 Å². The normalized spacial score (nSPS) is 20.6. The van der Waals surface area contributed by atoms with Crippen LogP contribution in [0.2, 0.25) is 0 Å². The molecular formula is C26H27NO7. The van der Waals surface area contributed by atoms with Crippen molar-refractivity contribution in [2.75, 3.05) is 13.7 Å². The van der Waals surface area contributed by atoms with Crippen LogP contribution in [-0.4, -0.2) is 37.0 Å². The molecular weight excluding hydrogens is 438 g/mol. The summed E-state index contributed by atoms with van der Waals surface area (Å²) in [7, 11) is 1.50. The summed E-state index contributed by atoms with van der Waals surface area (Å²) in [5.41, 5.74) is 6.71. The fourth-order valence-electron chi connectivity index (χ4n) is 5.33. The zero-order valence-electron chi connectivity index (χ0n) is 19.1. The fourth-order valence-corrected chi connectivity index (χ4v) is 5.33. The molecule has 2 N–H and O–H groups in total. The number of nitrogens with two attached hydrogens (primary N) is 1. The Morgan fingerprint density at radius 3 is 2.65 bits per heavy atom. The van der Waals surface area contributed by atoms with Crippen LogP contribution in [-0.2, 0) is 9.59 Å². The topological polar surface area (TPSA) is 114 Å². The van der Waals surface area contributed by atoms with E-state index in [1.807, 2.05) is 6.07 Å². The van der Waals surface area contributed by atoms with Gasteiger partial charge >= 0.3 is 5.97 Å². The van der Waals surface area contributed by atoms with E-state index in [-0.39, 0.29) is 24.8 Å². The summed E-state index contributed by atoms with van der Waals surface area (Å²) in [6.07, 6.45) is 5.30. The van der Waals surface area contributed by atoms with Gasteiger partial charge in [0.15, 0.2) is 23.9 Å². The van der Waals surface area contributed by atoms with Crippen LogP contribution < -0.4 is 24.7 Å². The zero-order valence-corrected chi connectivity index (χ0v) is 19.1. The summed E-state index contributed by atoms with van der Waals surface area (Å²) in [4.78, 5) is 36.9. The Bertz CT molecular complexity index is 1170. The summed E-state index contributed by atoms with van der Waals surface area (Å²) < 4.78 is 23.1. The molecule has 1 aliphatic carbocycles. The van der Waals surface area contributed by atoms with Crippen molar-refractivity contribution in [3.05, 3.63) is 47.0 Å². The number of benzene rings is 2. The van der Waals surface area contributed by atoms with Gasteiger partial charge in [0.05, 0.1) is 25.5 Å². The highest BCUT2D eigenvalue weighted by molar-refractivity contribution is 6.01. The Labute approximate surface area is 197 Å². The highest BCUT2D eigenvalue weighted by Crippen LogP contribution is 2.51. The van der Waals surface area contributed by atoms with Gasteiger partial charge in [0.1, 0.15) is 17.1 Å². The molecule has 1 amide bonds. The molecule has 8 nitrogen and oxygen atoms in total. The average molecular weight is 466 g/mol. The van der Waals surface area contributed by atoms with E-state index in [2.05, 4.69) is 0 Å². The van der Waals surface area contributed by atoms with E-state index >= 15 is 0 Å². The molecule has 8 heteroatoms. The Morgan fingerprint density at radius 2 is 1.91 bits per heavy atom. The molecule has 1 fully saturated rings. The zero-order chi connectivity index (χ0) is 23.9. The molecule has 1 spiro atoms. The lowest BCUT2D eigenvalue weighted by Gasteiger charge is -2.42. The molecule has 0 radical (unpaired) electrons. The van der Waals surface area contributed by atoms with Crippen LogP contribution in [0, 0.1) is 0 Å². The van der Waals surface area contributed by atoms with Crippen LogP contribution in [0.25, 0.3) is 0 Å².